The van der Waals surface area contributed by atoms with Crippen LogP contribution in [0.1, 0.15) is 0 Å². The monoisotopic (exact) mass is 740 g/mol. The van der Waals surface area contributed by atoms with Crippen molar-refractivity contribution in [2.24, 2.45) is 0 Å². The number of carboxylic acids is 2. The summed E-state index contributed by atoms with van der Waals surface area (Å²) in [6.45, 7) is 0. The highest BCUT2D eigenvalue weighted by Gasteiger charge is 3.00. The fourth-order valence-corrected chi connectivity index (χ4v) is 2.44. The minimum atomic E-state index is -9.89. The van der Waals surface area contributed by atoms with Crippen LogP contribution in [-0.2, 0) is 9.59 Å². The van der Waals surface area contributed by atoms with E-state index in [4.69, 9.17) is 10.2 Å². The highest BCUT2D eigenvalue weighted by Crippen LogP contribution is 2.68. The molecule has 0 aliphatic heterocycles. The second-order valence-electron chi connectivity index (χ2n) is 8.08. The molecule has 0 bridgehead atoms. The predicted molar refractivity (Wildman–Crippen MR) is 79.6 cm³/mol. The Hall–Kier alpha value is -2.88. The number of halogens is 26. The van der Waals surface area contributed by atoms with Crippen molar-refractivity contribution in [2.75, 3.05) is 0 Å². The van der Waals surface area contributed by atoms with Gasteiger partial charge in [0.25, 0.3) is 0 Å². The van der Waals surface area contributed by atoms with Crippen LogP contribution in [0, 0.1) is 0 Å². The van der Waals surface area contributed by atoms with Crippen LogP contribution in [0.15, 0.2) is 0 Å². The molecule has 0 saturated carbocycles. The molecule has 0 aromatic carbocycles. The van der Waals surface area contributed by atoms with Gasteiger partial charge in [0, 0.05) is 0 Å². The third-order valence-corrected chi connectivity index (χ3v) is 5.27. The van der Waals surface area contributed by atoms with E-state index >= 15 is 0 Å². The van der Waals surface area contributed by atoms with E-state index in [1.807, 2.05) is 0 Å². The van der Waals surface area contributed by atoms with Crippen molar-refractivity contribution in [1.82, 2.24) is 0 Å². The van der Waals surface area contributed by atoms with Gasteiger partial charge in [0.15, 0.2) is 0 Å². The van der Waals surface area contributed by atoms with Gasteiger partial charge in [0.1, 0.15) is 0 Å². The molecule has 0 aliphatic rings. The highest BCUT2D eigenvalue weighted by molar-refractivity contribution is 5.77. The Morgan fingerprint density at radius 3 is 0.422 bits per heavy atom. The van der Waals surface area contributed by atoms with Crippen molar-refractivity contribution < 1.29 is 134 Å². The molecule has 4 nitrogen and oxygen atoms in total. The molecule has 0 aromatic heterocycles. The van der Waals surface area contributed by atoms with Crippen LogP contribution in [0.2, 0.25) is 0 Å². The summed E-state index contributed by atoms with van der Waals surface area (Å²) < 4.78 is 348. The van der Waals surface area contributed by atoms with E-state index in [9.17, 15) is 124 Å². The Morgan fingerprint density at radius 2 is 0.333 bits per heavy atom. The molecule has 30 heteroatoms. The summed E-state index contributed by atoms with van der Waals surface area (Å²) in [4.78, 5) is 19.8. The largest absolute Gasteiger partial charge is 0.477 e. The van der Waals surface area contributed by atoms with Crippen LogP contribution < -0.4 is 0 Å². The SMILES string of the molecule is O=C(O)C(F)(F)C(F)(F)C(F)(F)C(F)(F)C(F)(F)C(F)(F)C(F)(F)C(F)(F)C(F)(F)C(F)(F)C(F)(F)C(F)(F)C(F)(F)C(=O)O. The van der Waals surface area contributed by atoms with Gasteiger partial charge in [-0.3, -0.25) is 0 Å². The molecule has 268 valence electrons. The minimum Gasteiger partial charge on any atom is -0.477 e. The lowest BCUT2D eigenvalue weighted by molar-refractivity contribution is -0.480. The van der Waals surface area contributed by atoms with Gasteiger partial charge in [-0.05, 0) is 0 Å². The molecule has 0 atom stereocenters. The summed E-state index contributed by atoms with van der Waals surface area (Å²) in [6.07, 6.45) is 0. The lowest BCUT2D eigenvalue weighted by Gasteiger charge is -2.46. The van der Waals surface area contributed by atoms with E-state index in [0.29, 0.717) is 0 Å². The first-order chi connectivity index (χ1) is 18.9. The van der Waals surface area contributed by atoms with Gasteiger partial charge in [0.05, 0.1) is 0 Å². The lowest BCUT2D eigenvalue weighted by atomic mass is 9.83. The number of aliphatic carboxylic acids is 2. The molecular weight excluding hydrogens is 738 g/mol. The molecule has 0 amide bonds. The third kappa shape index (κ3) is 4.59. The maximum atomic E-state index is 13.6. The van der Waals surface area contributed by atoms with Crippen LogP contribution in [0.5, 0.6) is 0 Å². The smallest absolute Gasteiger partial charge is 0.410 e. The summed E-state index contributed by atoms with van der Waals surface area (Å²) in [5.41, 5.74) is 0. The van der Waals surface area contributed by atoms with Crippen molar-refractivity contribution in [3.05, 3.63) is 0 Å². The summed E-state index contributed by atoms with van der Waals surface area (Å²) in [5.74, 6) is -129. The zero-order valence-electron chi connectivity index (χ0n) is 19.0. The van der Waals surface area contributed by atoms with Gasteiger partial charge >= 0.3 is 88.9 Å². The number of rotatable bonds is 14. The van der Waals surface area contributed by atoms with Crippen LogP contribution in [-0.4, -0.2) is 99.1 Å². The Labute approximate surface area is 224 Å². The molecule has 0 radical (unpaired) electrons. The van der Waals surface area contributed by atoms with E-state index in [-0.39, 0.29) is 0 Å². The minimum absolute atomic E-state index is 4.73. The number of carbonyl (C=O) groups is 2. The molecule has 0 unspecified atom stereocenters. The zero-order chi connectivity index (χ0) is 37.7. The average molecular weight is 740 g/mol. The second kappa shape index (κ2) is 10.1. The highest BCUT2D eigenvalue weighted by atomic mass is 19.4. The van der Waals surface area contributed by atoms with Crippen molar-refractivity contribution in [2.45, 2.75) is 77.0 Å². The quantitative estimate of drug-likeness (QED) is 0.182. The molecular formula is C15H2F26O4. The fourth-order valence-electron chi connectivity index (χ4n) is 2.44. The van der Waals surface area contributed by atoms with E-state index < -0.39 is 88.9 Å². The molecule has 0 fully saturated rings. The molecule has 45 heavy (non-hydrogen) atoms. The molecule has 0 aromatic rings. The first-order valence-corrected chi connectivity index (χ1v) is 9.27. The Balaban J connectivity index is 7.56. The van der Waals surface area contributed by atoms with Gasteiger partial charge in [-0.25, -0.2) is 9.59 Å². The molecule has 0 rings (SSSR count). The van der Waals surface area contributed by atoms with E-state index in [2.05, 4.69) is 0 Å². The van der Waals surface area contributed by atoms with Crippen molar-refractivity contribution in [1.29, 1.82) is 0 Å². The van der Waals surface area contributed by atoms with Gasteiger partial charge in [0.2, 0.25) is 0 Å². The zero-order valence-corrected chi connectivity index (χ0v) is 19.0. The first-order valence-electron chi connectivity index (χ1n) is 9.27. The Morgan fingerprint density at radius 1 is 0.244 bits per heavy atom. The van der Waals surface area contributed by atoms with Crippen molar-refractivity contribution in [3.8, 4) is 0 Å². The number of hydrogen-bond acceptors (Lipinski definition) is 2. The Bertz CT molecular complexity index is 1080. The van der Waals surface area contributed by atoms with Crippen LogP contribution in [0.25, 0.3) is 0 Å². The number of alkyl halides is 26. The van der Waals surface area contributed by atoms with Crippen LogP contribution in [0.4, 0.5) is 114 Å². The molecule has 0 aliphatic carbocycles. The average Bonchev–Trinajstić information content (AvgIpc) is 2.81. The summed E-state index contributed by atoms with van der Waals surface area (Å²) in [6, 6.07) is 0. The topological polar surface area (TPSA) is 74.6 Å². The maximum absolute atomic E-state index is 13.6. The molecule has 0 heterocycles. The van der Waals surface area contributed by atoms with Crippen LogP contribution >= 0.6 is 0 Å². The maximum Gasteiger partial charge on any atom is 0.410 e. The van der Waals surface area contributed by atoms with Gasteiger partial charge < -0.3 is 10.2 Å². The van der Waals surface area contributed by atoms with E-state index in [1.54, 1.807) is 0 Å². The van der Waals surface area contributed by atoms with Crippen molar-refractivity contribution >= 4 is 11.9 Å². The second-order valence-corrected chi connectivity index (χ2v) is 8.08. The number of carboxylic acid groups (broad SMARTS) is 2. The van der Waals surface area contributed by atoms with Gasteiger partial charge in [-0.2, -0.15) is 114 Å². The third-order valence-electron chi connectivity index (χ3n) is 5.27. The summed E-state index contributed by atoms with van der Waals surface area (Å²) in [7, 11) is 0. The predicted octanol–water partition coefficient (Wildman–Crippen LogP) is 7.41. The van der Waals surface area contributed by atoms with Crippen LogP contribution in [0.3, 0.4) is 0 Å². The van der Waals surface area contributed by atoms with Gasteiger partial charge in [-0.1, -0.05) is 0 Å². The standard InChI is InChI=1S/C15H2F26O4/c16-3(17,1(42)43)5(20,21)7(24,25)9(28,29)11(32,33)13(36,37)15(40,41)14(38,39)12(34,35)10(30,31)8(26,27)6(22,23)4(18,19)2(44)45/h(H,42,43)(H,44,45). The number of hydrogen-bond donors (Lipinski definition) is 2. The molecule has 0 saturated heterocycles. The van der Waals surface area contributed by atoms with Crippen molar-refractivity contribution in [3.63, 3.8) is 0 Å². The fraction of sp³-hybridized carbons (Fsp3) is 0.867. The van der Waals surface area contributed by atoms with Gasteiger partial charge in [-0.15, -0.1) is 0 Å². The molecule has 0 spiro atoms. The summed E-state index contributed by atoms with van der Waals surface area (Å²) in [5, 5.41) is 15.3. The lowest BCUT2D eigenvalue weighted by Crippen LogP contribution is -2.79. The Kier molecular flexibility index (Phi) is 9.41. The van der Waals surface area contributed by atoms with E-state index in [1.165, 1.54) is 0 Å². The van der Waals surface area contributed by atoms with E-state index in [0.717, 1.165) is 0 Å². The molecule has 2 N–H and O–H groups in total. The summed E-state index contributed by atoms with van der Waals surface area (Å²) >= 11 is 0. The first kappa shape index (κ1) is 42.1. The normalized spacial score (nSPS) is 16.6.